The molecule has 2 aromatic rings. The molecule has 5 rings (SSSR count). The van der Waals surface area contributed by atoms with Gasteiger partial charge in [-0.25, -0.2) is 0 Å². The number of aliphatic hydroxyl groups is 1. The molecule has 0 spiro atoms. The minimum absolute atomic E-state index is 0.0368. The van der Waals surface area contributed by atoms with Crippen molar-refractivity contribution in [2.75, 3.05) is 5.32 Å². The lowest BCUT2D eigenvalue weighted by atomic mass is 9.83. The van der Waals surface area contributed by atoms with Crippen LogP contribution in [-0.4, -0.2) is 36.2 Å². The van der Waals surface area contributed by atoms with Gasteiger partial charge in [0.2, 0.25) is 0 Å². The van der Waals surface area contributed by atoms with E-state index in [0.717, 1.165) is 37.0 Å². The van der Waals surface area contributed by atoms with Crippen LogP contribution < -0.4 is 5.32 Å². The molecular weight excluding hydrogens is 434 g/mol. The third-order valence-electron chi connectivity index (χ3n) is 6.22. The third kappa shape index (κ3) is 3.55. The molecule has 2 aliphatic heterocycles. The maximum atomic E-state index is 13.5. The van der Waals surface area contributed by atoms with Crippen molar-refractivity contribution >= 4 is 38.8 Å². The van der Waals surface area contributed by atoms with Crippen LogP contribution in [0.2, 0.25) is 0 Å². The Morgan fingerprint density at radius 1 is 1.13 bits per heavy atom. The van der Waals surface area contributed by atoms with Crippen LogP contribution in [0.4, 0.5) is 5.69 Å². The summed E-state index contributed by atoms with van der Waals surface area (Å²) in [6.45, 7) is 0.377. The molecule has 0 radical (unpaired) electrons. The summed E-state index contributed by atoms with van der Waals surface area (Å²) in [7, 11) is -3.97. The molecule has 1 unspecified atom stereocenters. The molecule has 1 aromatic heterocycles. The predicted molar refractivity (Wildman–Crippen MR) is 120 cm³/mol. The normalized spacial score (nSPS) is 23.5. The summed E-state index contributed by atoms with van der Waals surface area (Å²) in [6.07, 6.45) is 5.13. The van der Waals surface area contributed by atoms with Crippen molar-refractivity contribution in [1.29, 1.82) is 0 Å². The standard InChI is InChI=1S/C22H23N3O4S2/c26-20-18(21-23-16-10-4-5-11-17(16)31(28,29)24-21)22(27)25(13-15-9-6-12-30-15)19(20)14-7-2-1-3-8-14/h4-6,9-12,14,19,26H,1-3,7-8,13H2,(H,23,24). The van der Waals surface area contributed by atoms with E-state index in [1.807, 2.05) is 17.5 Å². The van der Waals surface area contributed by atoms with E-state index in [1.54, 1.807) is 34.4 Å². The number of hydrogen-bond acceptors (Lipinski definition) is 6. The Kier molecular flexibility index (Phi) is 5.10. The number of amides is 1. The van der Waals surface area contributed by atoms with Crippen LogP contribution in [0.3, 0.4) is 0 Å². The van der Waals surface area contributed by atoms with E-state index in [2.05, 4.69) is 9.71 Å². The monoisotopic (exact) mass is 457 g/mol. The second-order valence-electron chi connectivity index (χ2n) is 8.15. The summed E-state index contributed by atoms with van der Waals surface area (Å²) in [5.41, 5.74) is 0.316. The van der Waals surface area contributed by atoms with E-state index in [4.69, 9.17) is 0 Å². The highest BCUT2D eigenvalue weighted by Gasteiger charge is 2.46. The molecule has 0 saturated heterocycles. The number of fused-ring (bicyclic) bond motifs is 1. The molecule has 1 aromatic carbocycles. The number of para-hydroxylation sites is 1. The van der Waals surface area contributed by atoms with Crippen LogP contribution >= 0.6 is 11.3 Å². The average Bonchev–Trinajstić information content (AvgIpc) is 3.35. The lowest BCUT2D eigenvalue weighted by Crippen LogP contribution is -2.41. The first-order valence-corrected chi connectivity index (χ1v) is 12.8. The Hall–Kier alpha value is -2.65. The van der Waals surface area contributed by atoms with Gasteiger partial charge in [-0.3, -0.25) is 4.79 Å². The van der Waals surface area contributed by atoms with Crippen LogP contribution in [0.1, 0.15) is 37.0 Å². The lowest BCUT2D eigenvalue weighted by Gasteiger charge is -2.34. The zero-order chi connectivity index (χ0) is 21.6. The topological polar surface area (TPSA) is 99.1 Å². The first-order chi connectivity index (χ1) is 15.0. The number of thiophene rings is 1. The number of hydrogen-bond donors (Lipinski definition) is 2. The van der Waals surface area contributed by atoms with Crippen LogP contribution in [0.5, 0.6) is 0 Å². The van der Waals surface area contributed by atoms with Gasteiger partial charge in [0.15, 0.2) is 5.84 Å². The number of carbonyl (C=O) groups excluding carboxylic acids is 1. The first-order valence-electron chi connectivity index (χ1n) is 10.4. The van der Waals surface area contributed by atoms with Gasteiger partial charge >= 0.3 is 0 Å². The Morgan fingerprint density at radius 2 is 1.90 bits per heavy atom. The molecule has 1 atom stereocenters. The first kappa shape index (κ1) is 20.3. The molecule has 7 nitrogen and oxygen atoms in total. The minimum Gasteiger partial charge on any atom is -0.509 e. The highest BCUT2D eigenvalue weighted by atomic mass is 32.2. The number of nitrogens with zero attached hydrogens (tertiary/aromatic N) is 2. The Bertz CT molecular complexity index is 1180. The Balaban J connectivity index is 1.56. The van der Waals surface area contributed by atoms with Gasteiger partial charge in [0.05, 0.1) is 18.3 Å². The molecule has 1 aliphatic carbocycles. The van der Waals surface area contributed by atoms with Crippen LogP contribution in [0.15, 0.2) is 62.4 Å². The number of nitrogens with one attached hydrogen (secondary N) is 1. The van der Waals surface area contributed by atoms with Crippen LogP contribution in [0.25, 0.3) is 0 Å². The third-order valence-corrected chi connectivity index (χ3v) is 8.41. The van der Waals surface area contributed by atoms with Gasteiger partial charge in [-0.15, -0.1) is 15.7 Å². The lowest BCUT2D eigenvalue weighted by molar-refractivity contribution is -0.128. The predicted octanol–water partition coefficient (Wildman–Crippen LogP) is 4.06. The molecule has 1 fully saturated rings. The SMILES string of the molecule is O=C1C(C2=NS(=O)(=O)c3ccccc3N2)=C(O)C(C2CCCCC2)N1Cc1cccs1. The second-order valence-corrected chi connectivity index (χ2v) is 10.8. The summed E-state index contributed by atoms with van der Waals surface area (Å²) in [5, 5.41) is 16.2. The summed E-state index contributed by atoms with van der Waals surface area (Å²) in [4.78, 5) is 16.3. The van der Waals surface area contributed by atoms with Crippen LogP contribution in [-0.2, 0) is 21.4 Å². The van der Waals surface area contributed by atoms with E-state index in [9.17, 15) is 18.3 Å². The number of rotatable bonds is 4. The van der Waals surface area contributed by atoms with Gasteiger partial charge in [-0.2, -0.15) is 8.42 Å². The van der Waals surface area contributed by atoms with Crippen molar-refractivity contribution in [2.45, 2.75) is 49.6 Å². The number of aliphatic hydroxyl groups excluding tert-OH is 1. The molecule has 3 heterocycles. The van der Waals surface area contributed by atoms with Crippen molar-refractivity contribution in [3.63, 3.8) is 0 Å². The number of sulfonamides is 1. The van der Waals surface area contributed by atoms with Gasteiger partial charge in [-0.05, 0) is 42.3 Å². The highest BCUT2D eigenvalue weighted by molar-refractivity contribution is 7.90. The van der Waals surface area contributed by atoms with E-state index < -0.39 is 16.1 Å². The molecule has 1 amide bonds. The zero-order valence-electron chi connectivity index (χ0n) is 16.8. The van der Waals surface area contributed by atoms with Crippen molar-refractivity contribution in [2.24, 2.45) is 10.3 Å². The maximum Gasteiger partial charge on any atom is 0.286 e. The van der Waals surface area contributed by atoms with Crippen molar-refractivity contribution in [3.05, 3.63) is 58.0 Å². The number of amidine groups is 1. The van der Waals surface area contributed by atoms with E-state index >= 15 is 0 Å². The fourth-order valence-electron chi connectivity index (χ4n) is 4.79. The highest BCUT2D eigenvalue weighted by Crippen LogP contribution is 2.40. The van der Waals surface area contributed by atoms with E-state index in [1.165, 1.54) is 6.07 Å². The van der Waals surface area contributed by atoms with Crippen LogP contribution in [0, 0.1) is 5.92 Å². The van der Waals surface area contributed by atoms with Crippen molar-refractivity contribution in [1.82, 2.24) is 4.90 Å². The zero-order valence-corrected chi connectivity index (χ0v) is 18.5. The minimum atomic E-state index is -3.97. The van der Waals surface area contributed by atoms with Crippen molar-refractivity contribution in [3.8, 4) is 0 Å². The molecule has 9 heteroatoms. The van der Waals surface area contributed by atoms with Gasteiger partial charge in [0.1, 0.15) is 16.2 Å². The summed E-state index contributed by atoms with van der Waals surface area (Å²) in [5.74, 6) is -0.421. The molecule has 1 saturated carbocycles. The fraction of sp³-hybridized carbons (Fsp3) is 0.364. The Morgan fingerprint density at radius 3 is 2.65 bits per heavy atom. The molecule has 162 valence electrons. The largest absolute Gasteiger partial charge is 0.509 e. The molecular formula is C22H23N3O4S2. The maximum absolute atomic E-state index is 13.5. The fourth-order valence-corrected chi connectivity index (χ4v) is 6.61. The smallest absolute Gasteiger partial charge is 0.286 e. The number of carbonyl (C=O) groups is 1. The molecule has 31 heavy (non-hydrogen) atoms. The quantitative estimate of drug-likeness (QED) is 0.721. The summed E-state index contributed by atoms with van der Waals surface area (Å²) >= 11 is 1.55. The molecule has 2 N–H and O–H groups in total. The number of benzene rings is 1. The average molecular weight is 458 g/mol. The van der Waals surface area contributed by atoms with Gasteiger partial charge < -0.3 is 15.3 Å². The molecule has 3 aliphatic rings. The van der Waals surface area contributed by atoms with Crippen molar-refractivity contribution < 1.29 is 18.3 Å². The van der Waals surface area contributed by atoms with Gasteiger partial charge in [0, 0.05) is 4.88 Å². The van der Waals surface area contributed by atoms with Gasteiger partial charge in [0.25, 0.3) is 15.9 Å². The van der Waals surface area contributed by atoms with E-state index in [-0.39, 0.29) is 33.9 Å². The van der Waals surface area contributed by atoms with Gasteiger partial charge in [-0.1, -0.05) is 37.5 Å². The summed E-state index contributed by atoms with van der Waals surface area (Å²) < 4.78 is 29.3. The second kappa shape index (κ2) is 7.80. The summed E-state index contributed by atoms with van der Waals surface area (Å²) in [6, 6.07) is 9.86. The van der Waals surface area contributed by atoms with E-state index in [0.29, 0.717) is 12.2 Å². The number of anilines is 1. The molecule has 0 bridgehead atoms. The Labute approximate surface area is 185 Å².